The van der Waals surface area contributed by atoms with Gasteiger partial charge in [0, 0.05) is 30.0 Å². The number of nitrogens with zero attached hydrogens (tertiary/aromatic N) is 2. The van der Waals surface area contributed by atoms with Crippen molar-refractivity contribution in [1.82, 2.24) is 9.29 Å². The van der Waals surface area contributed by atoms with Crippen LogP contribution in [0.2, 0.25) is 0 Å². The zero-order chi connectivity index (χ0) is 12.3. The van der Waals surface area contributed by atoms with Gasteiger partial charge in [-0.05, 0) is 28.9 Å². The first-order valence-corrected chi connectivity index (χ1v) is 6.82. The van der Waals surface area contributed by atoms with E-state index in [9.17, 15) is 8.42 Å². The molecule has 1 atom stereocenters. The molecule has 0 aromatic carbocycles. The summed E-state index contributed by atoms with van der Waals surface area (Å²) in [5, 5.41) is 8.94. The minimum atomic E-state index is -3.59. The monoisotopic (exact) mass is 308 g/mol. The highest BCUT2D eigenvalue weighted by Gasteiger charge is 2.25. The Hall–Kier alpha value is -0.500. The maximum absolute atomic E-state index is 12.0. The lowest BCUT2D eigenvalue weighted by Gasteiger charge is -2.22. The van der Waals surface area contributed by atoms with Crippen molar-refractivity contribution in [1.29, 1.82) is 0 Å². The van der Waals surface area contributed by atoms with Crippen LogP contribution in [0.5, 0.6) is 0 Å². The maximum Gasteiger partial charge on any atom is 0.244 e. The number of aliphatic hydroxyl groups is 1. The van der Waals surface area contributed by atoms with Crippen LogP contribution < -0.4 is 0 Å². The largest absolute Gasteiger partial charge is 0.395 e. The highest BCUT2D eigenvalue weighted by Crippen LogP contribution is 2.18. The summed E-state index contributed by atoms with van der Waals surface area (Å²) in [6.45, 7) is 1.40. The molecular formula is C9H13BrN2O3S. The summed E-state index contributed by atoms with van der Waals surface area (Å²) in [6, 6.07) is 1.01. The molecule has 7 heteroatoms. The average molecular weight is 309 g/mol. The van der Waals surface area contributed by atoms with E-state index in [0.717, 1.165) is 4.31 Å². The Kier molecular flexibility index (Phi) is 4.43. The molecule has 0 aliphatic rings. The van der Waals surface area contributed by atoms with Crippen LogP contribution in [0, 0.1) is 0 Å². The van der Waals surface area contributed by atoms with Crippen molar-refractivity contribution in [3.05, 3.63) is 22.9 Å². The van der Waals surface area contributed by atoms with Crippen LogP contribution in [-0.2, 0) is 10.0 Å². The summed E-state index contributed by atoms with van der Waals surface area (Å²) in [6.07, 6.45) is 2.79. The molecule has 0 radical (unpaired) electrons. The van der Waals surface area contributed by atoms with Gasteiger partial charge in [0.2, 0.25) is 10.0 Å². The Morgan fingerprint density at radius 1 is 1.56 bits per heavy atom. The molecule has 0 aliphatic carbocycles. The zero-order valence-electron chi connectivity index (χ0n) is 8.96. The van der Waals surface area contributed by atoms with E-state index in [1.165, 1.54) is 25.5 Å². The number of hydrogen-bond acceptors (Lipinski definition) is 4. The minimum Gasteiger partial charge on any atom is -0.395 e. The topological polar surface area (TPSA) is 70.5 Å². The molecule has 0 aliphatic heterocycles. The number of sulfonamides is 1. The molecule has 0 amide bonds. The first kappa shape index (κ1) is 13.6. The van der Waals surface area contributed by atoms with Crippen LogP contribution in [0.3, 0.4) is 0 Å². The van der Waals surface area contributed by atoms with E-state index in [1.807, 2.05) is 0 Å². The van der Waals surface area contributed by atoms with Gasteiger partial charge in [-0.3, -0.25) is 4.98 Å². The number of aromatic nitrogens is 1. The summed E-state index contributed by atoms with van der Waals surface area (Å²) in [7, 11) is -2.16. The molecule has 0 spiro atoms. The van der Waals surface area contributed by atoms with Gasteiger partial charge < -0.3 is 5.11 Å². The Bertz CT molecular complexity index is 464. The Morgan fingerprint density at radius 3 is 2.69 bits per heavy atom. The van der Waals surface area contributed by atoms with Gasteiger partial charge in [-0.2, -0.15) is 4.31 Å². The second kappa shape index (κ2) is 5.22. The Labute approximate surface area is 103 Å². The molecule has 5 nitrogen and oxygen atoms in total. The van der Waals surface area contributed by atoms with Gasteiger partial charge in [-0.15, -0.1) is 0 Å². The van der Waals surface area contributed by atoms with Gasteiger partial charge in [0.1, 0.15) is 4.90 Å². The Morgan fingerprint density at radius 2 is 2.19 bits per heavy atom. The second-order valence-corrected chi connectivity index (χ2v) is 6.30. The Balaban J connectivity index is 3.12. The van der Waals surface area contributed by atoms with Crippen LogP contribution in [0.15, 0.2) is 27.8 Å². The van der Waals surface area contributed by atoms with E-state index < -0.39 is 16.1 Å². The second-order valence-electron chi connectivity index (χ2n) is 3.39. The lowest BCUT2D eigenvalue weighted by Crippen LogP contribution is -2.37. The third-order valence-corrected chi connectivity index (χ3v) is 4.61. The number of likely N-dealkylation sites (N-methyl/N-ethyl adjacent to an activating group) is 1. The van der Waals surface area contributed by atoms with Crippen molar-refractivity contribution in [2.24, 2.45) is 0 Å². The van der Waals surface area contributed by atoms with E-state index in [-0.39, 0.29) is 11.5 Å². The molecule has 90 valence electrons. The highest BCUT2D eigenvalue weighted by molar-refractivity contribution is 9.10. The summed E-state index contributed by atoms with van der Waals surface area (Å²) in [5.74, 6) is 0. The summed E-state index contributed by atoms with van der Waals surface area (Å²) in [5.41, 5.74) is 0. The maximum atomic E-state index is 12.0. The van der Waals surface area contributed by atoms with Crippen molar-refractivity contribution >= 4 is 26.0 Å². The van der Waals surface area contributed by atoms with Crippen LogP contribution >= 0.6 is 15.9 Å². The summed E-state index contributed by atoms with van der Waals surface area (Å²) < 4.78 is 25.8. The molecule has 16 heavy (non-hydrogen) atoms. The normalized spacial score (nSPS) is 14.1. The lowest BCUT2D eigenvalue weighted by atomic mass is 10.4. The quantitative estimate of drug-likeness (QED) is 0.895. The van der Waals surface area contributed by atoms with Crippen LogP contribution in [-0.4, -0.2) is 42.5 Å². The van der Waals surface area contributed by atoms with Crippen molar-refractivity contribution in [2.45, 2.75) is 17.9 Å². The highest BCUT2D eigenvalue weighted by atomic mass is 79.9. The van der Waals surface area contributed by atoms with Crippen molar-refractivity contribution in [3.63, 3.8) is 0 Å². The van der Waals surface area contributed by atoms with Crippen molar-refractivity contribution in [3.8, 4) is 0 Å². The molecular weight excluding hydrogens is 296 g/mol. The van der Waals surface area contributed by atoms with Crippen LogP contribution in [0.1, 0.15) is 6.92 Å². The van der Waals surface area contributed by atoms with Gasteiger partial charge in [0.15, 0.2) is 0 Å². The first-order chi connectivity index (χ1) is 7.39. The predicted molar refractivity (Wildman–Crippen MR) is 63.4 cm³/mol. The minimum absolute atomic E-state index is 0.102. The molecule has 0 bridgehead atoms. The molecule has 1 N–H and O–H groups in total. The fourth-order valence-corrected chi connectivity index (χ4v) is 2.91. The fraction of sp³-hybridized carbons (Fsp3) is 0.444. The molecule has 0 fully saturated rings. The molecule has 1 heterocycles. The van der Waals surface area contributed by atoms with Gasteiger partial charge in [0.25, 0.3) is 0 Å². The zero-order valence-corrected chi connectivity index (χ0v) is 11.4. The van der Waals surface area contributed by atoms with Gasteiger partial charge in [-0.1, -0.05) is 0 Å². The van der Waals surface area contributed by atoms with Crippen LogP contribution in [0.25, 0.3) is 0 Å². The van der Waals surface area contributed by atoms with E-state index in [2.05, 4.69) is 20.9 Å². The number of hydrogen-bond donors (Lipinski definition) is 1. The number of aliphatic hydroxyl groups excluding tert-OH is 1. The van der Waals surface area contributed by atoms with Gasteiger partial charge >= 0.3 is 0 Å². The smallest absolute Gasteiger partial charge is 0.244 e. The third kappa shape index (κ3) is 2.79. The standard InChI is InChI=1S/C9H13BrN2O3S/c1-7(6-13)12(2)16(14,15)9-3-8(10)4-11-5-9/h3-5,7,13H,6H2,1-2H3. The van der Waals surface area contributed by atoms with E-state index in [4.69, 9.17) is 5.11 Å². The van der Waals surface area contributed by atoms with E-state index in [0.29, 0.717) is 4.47 Å². The van der Waals surface area contributed by atoms with Gasteiger partial charge in [-0.25, -0.2) is 8.42 Å². The molecule has 0 saturated carbocycles. The molecule has 1 aromatic rings. The predicted octanol–water partition coefficient (Wildman–Crippen LogP) is 0.845. The first-order valence-electron chi connectivity index (χ1n) is 4.59. The lowest BCUT2D eigenvalue weighted by molar-refractivity contribution is 0.214. The molecule has 0 saturated heterocycles. The van der Waals surface area contributed by atoms with Crippen molar-refractivity contribution < 1.29 is 13.5 Å². The van der Waals surface area contributed by atoms with Crippen LogP contribution in [0.4, 0.5) is 0 Å². The fourth-order valence-electron chi connectivity index (χ4n) is 1.05. The number of rotatable bonds is 4. The average Bonchev–Trinajstić information content (AvgIpc) is 2.27. The van der Waals surface area contributed by atoms with Crippen molar-refractivity contribution in [2.75, 3.05) is 13.7 Å². The number of pyridine rings is 1. The SMILES string of the molecule is CC(CO)N(C)S(=O)(=O)c1cncc(Br)c1. The molecule has 1 rings (SSSR count). The summed E-state index contributed by atoms with van der Waals surface area (Å²) >= 11 is 3.16. The molecule has 1 aromatic heterocycles. The van der Waals surface area contributed by atoms with E-state index in [1.54, 1.807) is 6.92 Å². The van der Waals surface area contributed by atoms with E-state index >= 15 is 0 Å². The number of halogens is 1. The van der Waals surface area contributed by atoms with Gasteiger partial charge in [0.05, 0.1) is 6.61 Å². The third-order valence-electron chi connectivity index (χ3n) is 2.24. The molecule has 1 unspecified atom stereocenters. The summed E-state index contributed by atoms with van der Waals surface area (Å²) in [4.78, 5) is 3.90.